The monoisotopic (exact) mass is 294 g/mol. The molecule has 8 nitrogen and oxygen atoms in total. The Labute approximate surface area is 107 Å². The molecular formula is C8H10N2O6S2. The molecule has 0 aliphatic rings. The van der Waals surface area contributed by atoms with Crippen molar-refractivity contribution >= 4 is 33.3 Å². The average molecular weight is 294 g/mol. The molecule has 0 saturated heterocycles. The number of hydrogen-bond acceptors (Lipinski definition) is 7. The Bertz CT molecular complexity index is 571. The minimum absolute atomic E-state index is 0.0101. The first-order valence-corrected chi connectivity index (χ1v) is 6.99. The van der Waals surface area contributed by atoms with Crippen molar-refractivity contribution in [3.8, 4) is 0 Å². The number of nitrogen functional groups attached to an aromatic ring is 1. The molecule has 0 radical (unpaired) electrons. The van der Waals surface area contributed by atoms with E-state index in [1.54, 1.807) is 0 Å². The summed E-state index contributed by atoms with van der Waals surface area (Å²) in [6.45, 7) is -0.229. The van der Waals surface area contributed by atoms with Gasteiger partial charge in [-0.15, -0.1) is 11.8 Å². The number of nitrogens with zero attached hydrogens (tertiary/aromatic N) is 1. The molecule has 10 heteroatoms. The lowest BCUT2D eigenvalue weighted by molar-refractivity contribution is -0.387. The predicted molar refractivity (Wildman–Crippen MR) is 65.1 cm³/mol. The zero-order valence-electron chi connectivity index (χ0n) is 8.94. The molecule has 0 bridgehead atoms. The third-order valence-corrected chi connectivity index (χ3v) is 3.85. The quantitative estimate of drug-likeness (QED) is 0.234. The number of aliphatic hydroxyl groups is 1. The third kappa shape index (κ3) is 3.32. The number of benzene rings is 1. The molecule has 18 heavy (non-hydrogen) atoms. The number of hydrogen-bond donors (Lipinski definition) is 3. The molecule has 0 fully saturated rings. The Balaban J connectivity index is 3.40. The van der Waals surface area contributed by atoms with Gasteiger partial charge in [0.15, 0.2) is 0 Å². The van der Waals surface area contributed by atoms with Gasteiger partial charge in [0, 0.05) is 11.8 Å². The van der Waals surface area contributed by atoms with Crippen LogP contribution in [0, 0.1) is 10.1 Å². The predicted octanol–water partition coefficient (Wildman–Crippen LogP) is 0.508. The standard InChI is InChI=1S/C8H10N2O6S2/c9-5-3-6(10(12)13)7(17-2-1-11)4-8(5)18(14,15)16/h3-4,11H,1-2,9H2,(H,14,15,16). The fraction of sp³-hybridized carbons (Fsp3) is 0.250. The lowest BCUT2D eigenvalue weighted by Gasteiger charge is -2.06. The molecule has 100 valence electrons. The Hall–Kier alpha value is -1.36. The minimum atomic E-state index is -4.55. The third-order valence-electron chi connectivity index (χ3n) is 1.91. The molecule has 0 heterocycles. The van der Waals surface area contributed by atoms with Gasteiger partial charge in [-0.3, -0.25) is 14.7 Å². The summed E-state index contributed by atoms with van der Waals surface area (Å²) < 4.78 is 30.9. The second-order valence-corrected chi connectivity index (χ2v) is 5.69. The Morgan fingerprint density at radius 2 is 2.06 bits per heavy atom. The zero-order valence-corrected chi connectivity index (χ0v) is 10.6. The summed E-state index contributed by atoms with van der Waals surface area (Å²) in [5.74, 6) is 0.148. The summed E-state index contributed by atoms with van der Waals surface area (Å²) in [5.41, 5.74) is 4.56. The highest BCUT2D eigenvalue weighted by Crippen LogP contribution is 2.34. The lowest BCUT2D eigenvalue weighted by atomic mass is 10.3. The number of aliphatic hydroxyl groups excluding tert-OH is 1. The van der Waals surface area contributed by atoms with Crippen molar-refractivity contribution in [1.82, 2.24) is 0 Å². The van der Waals surface area contributed by atoms with E-state index in [1.807, 2.05) is 0 Å². The van der Waals surface area contributed by atoms with Crippen molar-refractivity contribution in [2.24, 2.45) is 0 Å². The topological polar surface area (TPSA) is 144 Å². The summed E-state index contributed by atoms with van der Waals surface area (Å²) in [6, 6.07) is 1.78. The number of thioether (sulfide) groups is 1. The van der Waals surface area contributed by atoms with E-state index in [0.717, 1.165) is 23.9 Å². The molecule has 0 amide bonds. The van der Waals surface area contributed by atoms with E-state index < -0.39 is 25.6 Å². The summed E-state index contributed by atoms with van der Waals surface area (Å²) in [4.78, 5) is 9.46. The van der Waals surface area contributed by atoms with Crippen LogP contribution in [0.1, 0.15) is 0 Å². The van der Waals surface area contributed by atoms with E-state index in [4.69, 9.17) is 15.4 Å². The van der Waals surface area contributed by atoms with Crippen molar-refractivity contribution in [2.45, 2.75) is 9.79 Å². The maximum Gasteiger partial charge on any atom is 0.296 e. The van der Waals surface area contributed by atoms with Crippen LogP contribution < -0.4 is 5.73 Å². The van der Waals surface area contributed by atoms with Gasteiger partial charge in [-0.25, -0.2) is 0 Å². The van der Waals surface area contributed by atoms with Gasteiger partial charge < -0.3 is 10.8 Å². The first-order valence-electron chi connectivity index (χ1n) is 4.56. The smallest absolute Gasteiger partial charge is 0.296 e. The van der Waals surface area contributed by atoms with Gasteiger partial charge in [0.1, 0.15) is 4.90 Å². The number of nitro benzene ring substituents is 1. The van der Waals surface area contributed by atoms with Crippen LogP contribution in [-0.2, 0) is 10.1 Å². The second-order valence-electron chi connectivity index (χ2n) is 3.16. The van der Waals surface area contributed by atoms with Crippen LogP contribution >= 0.6 is 11.8 Å². The van der Waals surface area contributed by atoms with Crippen molar-refractivity contribution in [3.63, 3.8) is 0 Å². The number of nitro groups is 1. The summed E-state index contributed by atoms with van der Waals surface area (Å²) >= 11 is 0.892. The summed E-state index contributed by atoms with van der Waals surface area (Å²) in [5, 5.41) is 19.4. The number of anilines is 1. The van der Waals surface area contributed by atoms with Crippen LogP contribution in [0.3, 0.4) is 0 Å². The molecule has 0 atom stereocenters. The summed E-state index contributed by atoms with van der Waals surface area (Å²) in [6.07, 6.45) is 0. The molecule has 0 aliphatic heterocycles. The average Bonchev–Trinajstić information content (AvgIpc) is 2.25. The SMILES string of the molecule is Nc1cc([N+](=O)[O-])c(SCCO)cc1S(=O)(=O)O. The van der Waals surface area contributed by atoms with Crippen molar-refractivity contribution < 1.29 is 23.0 Å². The highest BCUT2D eigenvalue weighted by Gasteiger charge is 2.22. The van der Waals surface area contributed by atoms with Crippen LogP contribution in [0.4, 0.5) is 11.4 Å². The highest BCUT2D eigenvalue weighted by atomic mass is 32.2. The number of nitrogens with two attached hydrogens (primary N) is 1. The first-order chi connectivity index (χ1) is 8.27. The van der Waals surface area contributed by atoms with Crippen LogP contribution in [-0.4, -0.2) is 35.4 Å². The normalized spacial score (nSPS) is 11.4. The molecule has 0 aromatic heterocycles. The van der Waals surface area contributed by atoms with E-state index in [-0.39, 0.29) is 22.9 Å². The van der Waals surface area contributed by atoms with Crippen molar-refractivity contribution in [2.75, 3.05) is 18.1 Å². The molecule has 0 aliphatic carbocycles. The fourth-order valence-electron chi connectivity index (χ4n) is 1.20. The van der Waals surface area contributed by atoms with Gasteiger partial charge in [0.25, 0.3) is 15.8 Å². The molecule has 1 rings (SSSR count). The van der Waals surface area contributed by atoms with Gasteiger partial charge in [0.2, 0.25) is 0 Å². The van der Waals surface area contributed by atoms with Gasteiger partial charge in [-0.1, -0.05) is 0 Å². The van der Waals surface area contributed by atoms with Crippen LogP contribution in [0.5, 0.6) is 0 Å². The molecule has 0 spiro atoms. The Morgan fingerprint density at radius 1 is 1.44 bits per heavy atom. The Morgan fingerprint density at radius 3 is 2.50 bits per heavy atom. The van der Waals surface area contributed by atoms with Crippen LogP contribution in [0.15, 0.2) is 21.9 Å². The van der Waals surface area contributed by atoms with E-state index in [0.29, 0.717) is 0 Å². The van der Waals surface area contributed by atoms with E-state index in [9.17, 15) is 18.5 Å². The second kappa shape index (κ2) is 5.52. The highest BCUT2D eigenvalue weighted by molar-refractivity contribution is 7.99. The first kappa shape index (κ1) is 14.7. The van der Waals surface area contributed by atoms with E-state index in [2.05, 4.69) is 0 Å². The van der Waals surface area contributed by atoms with Crippen LogP contribution in [0.2, 0.25) is 0 Å². The van der Waals surface area contributed by atoms with E-state index >= 15 is 0 Å². The molecule has 4 N–H and O–H groups in total. The molecule has 1 aromatic carbocycles. The molecule has 1 aromatic rings. The van der Waals surface area contributed by atoms with Crippen LogP contribution in [0.25, 0.3) is 0 Å². The van der Waals surface area contributed by atoms with E-state index in [1.165, 1.54) is 0 Å². The van der Waals surface area contributed by atoms with Gasteiger partial charge in [0.05, 0.1) is 22.1 Å². The van der Waals surface area contributed by atoms with Gasteiger partial charge in [-0.2, -0.15) is 8.42 Å². The maximum atomic E-state index is 11.0. The minimum Gasteiger partial charge on any atom is -0.397 e. The van der Waals surface area contributed by atoms with Crippen molar-refractivity contribution in [1.29, 1.82) is 0 Å². The number of rotatable bonds is 5. The fourth-order valence-corrected chi connectivity index (χ4v) is 2.70. The van der Waals surface area contributed by atoms with Gasteiger partial charge >= 0.3 is 0 Å². The maximum absolute atomic E-state index is 11.0. The molecule has 0 unspecified atom stereocenters. The lowest BCUT2D eigenvalue weighted by Crippen LogP contribution is -2.05. The largest absolute Gasteiger partial charge is 0.397 e. The molecular weight excluding hydrogens is 284 g/mol. The van der Waals surface area contributed by atoms with Crippen molar-refractivity contribution in [3.05, 3.63) is 22.2 Å². The zero-order chi connectivity index (χ0) is 13.9. The Kier molecular flexibility index (Phi) is 4.51. The molecule has 0 saturated carbocycles. The summed E-state index contributed by atoms with van der Waals surface area (Å²) in [7, 11) is -4.55. The van der Waals surface area contributed by atoms with Gasteiger partial charge in [-0.05, 0) is 6.07 Å².